The molecular formula is C22H21F3N6O3S. The van der Waals surface area contributed by atoms with Crippen LogP contribution in [0.4, 0.5) is 24.3 Å². The number of hydrogen-bond donors (Lipinski definition) is 3. The number of rotatable bonds is 7. The lowest BCUT2D eigenvalue weighted by molar-refractivity contribution is -0.274. The van der Waals surface area contributed by atoms with Crippen molar-refractivity contribution < 1.29 is 27.5 Å². The highest BCUT2D eigenvalue weighted by Gasteiger charge is 2.31. The van der Waals surface area contributed by atoms with Crippen LogP contribution in [0, 0.1) is 0 Å². The van der Waals surface area contributed by atoms with Crippen LogP contribution in [-0.2, 0) is 11.8 Å². The number of imidazole rings is 1. The topological polar surface area (TPSA) is 110 Å². The summed E-state index contributed by atoms with van der Waals surface area (Å²) in [6.07, 6.45) is -4.78. The second kappa shape index (κ2) is 9.41. The Morgan fingerprint density at radius 3 is 2.63 bits per heavy atom. The van der Waals surface area contributed by atoms with E-state index in [1.807, 2.05) is 0 Å². The average molecular weight is 507 g/mol. The van der Waals surface area contributed by atoms with Crippen molar-refractivity contribution in [2.45, 2.75) is 26.3 Å². The summed E-state index contributed by atoms with van der Waals surface area (Å²) in [5.74, 6) is -0.581. The van der Waals surface area contributed by atoms with Gasteiger partial charge in [-0.1, -0.05) is 11.3 Å². The van der Waals surface area contributed by atoms with Crippen molar-refractivity contribution in [3.63, 3.8) is 0 Å². The molecule has 2 heterocycles. The molecule has 4 rings (SSSR count). The number of fused-ring (bicyclic) bond motifs is 2. The number of anilines is 2. The monoisotopic (exact) mass is 506 g/mol. The summed E-state index contributed by atoms with van der Waals surface area (Å²) < 4.78 is 43.7. The molecule has 0 aliphatic rings. The lowest BCUT2D eigenvalue weighted by Gasteiger charge is -2.13. The number of aryl methyl sites for hydroxylation is 1. The van der Waals surface area contributed by atoms with Gasteiger partial charge in [-0.25, -0.2) is 9.97 Å². The van der Waals surface area contributed by atoms with Crippen LogP contribution >= 0.6 is 11.3 Å². The van der Waals surface area contributed by atoms with Gasteiger partial charge in [0.1, 0.15) is 11.8 Å². The van der Waals surface area contributed by atoms with Crippen molar-refractivity contribution >= 4 is 55.5 Å². The summed E-state index contributed by atoms with van der Waals surface area (Å²) in [6.45, 7) is 3.85. The van der Waals surface area contributed by atoms with Gasteiger partial charge >= 0.3 is 6.36 Å². The van der Waals surface area contributed by atoms with Gasteiger partial charge in [-0.2, -0.15) is 0 Å². The van der Waals surface area contributed by atoms with Gasteiger partial charge in [-0.15, -0.1) is 13.2 Å². The van der Waals surface area contributed by atoms with E-state index in [2.05, 4.69) is 30.7 Å². The van der Waals surface area contributed by atoms with Crippen LogP contribution in [-0.4, -0.2) is 45.3 Å². The van der Waals surface area contributed by atoms with E-state index >= 15 is 0 Å². The molecule has 184 valence electrons. The number of alkyl halides is 3. The van der Waals surface area contributed by atoms with E-state index in [1.165, 1.54) is 18.2 Å². The highest BCUT2D eigenvalue weighted by Crippen LogP contribution is 2.33. The first-order chi connectivity index (χ1) is 16.5. The lowest BCUT2D eigenvalue weighted by atomic mass is 10.1. The fourth-order valence-corrected chi connectivity index (χ4v) is 4.26. The van der Waals surface area contributed by atoms with Gasteiger partial charge < -0.3 is 25.3 Å². The first-order valence-electron chi connectivity index (χ1n) is 10.5. The largest absolute Gasteiger partial charge is 0.573 e. The van der Waals surface area contributed by atoms with Gasteiger partial charge in [0, 0.05) is 25.2 Å². The number of thiazole rings is 1. The molecule has 4 aromatic rings. The van der Waals surface area contributed by atoms with E-state index in [9.17, 15) is 22.8 Å². The second-order valence-electron chi connectivity index (χ2n) is 7.61. The van der Waals surface area contributed by atoms with E-state index in [0.717, 1.165) is 16.9 Å². The molecule has 1 atom stereocenters. The van der Waals surface area contributed by atoms with Gasteiger partial charge in [0.15, 0.2) is 5.13 Å². The third kappa shape index (κ3) is 5.45. The van der Waals surface area contributed by atoms with Crippen LogP contribution in [0.25, 0.3) is 21.3 Å². The molecule has 2 aromatic heterocycles. The molecule has 2 amide bonds. The number of amides is 2. The average Bonchev–Trinajstić information content (AvgIpc) is 3.32. The maximum absolute atomic E-state index is 12.6. The van der Waals surface area contributed by atoms with Gasteiger partial charge in [0.2, 0.25) is 11.9 Å². The molecule has 0 aliphatic heterocycles. The minimum absolute atomic E-state index is 0.279. The predicted octanol–water partition coefficient (Wildman–Crippen LogP) is 4.08. The number of nitrogens with one attached hydrogen (secondary N) is 3. The fourth-order valence-electron chi connectivity index (χ4n) is 3.38. The van der Waals surface area contributed by atoms with Crippen molar-refractivity contribution in [3.8, 4) is 5.75 Å². The summed E-state index contributed by atoms with van der Waals surface area (Å²) >= 11 is 1.15. The third-order valence-corrected chi connectivity index (χ3v) is 5.98. The van der Waals surface area contributed by atoms with Gasteiger partial charge in [-0.05, 0) is 44.2 Å². The van der Waals surface area contributed by atoms with E-state index in [-0.39, 0.29) is 11.7 Å². The lowest BCUT2D eigenvalue weighted by Crippen LogP contribution is -2.44. The number of carbonyl (C=O) groups excluding carboxylic acids is 2. The number of likely N-dealkylation sites (N-methyl/N-ethyl adjacent to an activating group) is 1. The number of hydrogen-bond acceptors (Lipinski definition) is 7. The number of nitrogens with zero attached hydrogens (tertiary/aromatic N) is 3. The molecule has 0 fully saturated rings. The van der Waals surface area contributed by atoms with Crippen molar-refractivity contribution in [1.29, 1.82) is 0 Å². The Hall–Kier alpha value is -3.87. The van der Waals surface area contributed by atoms with Crippen LogP contribution in [0.1, 0.15) is 24.2 Å². The molecule has 0 unspecified atom stereocenters. The second-order valence-corrected chi connectivity index (χ2v) is 8.64. The van der Waals surface area contributed by atoms with E-state index in [0.29, 0.717) is 38.9 Å². The molecule has 35 heavy (non-hydrogen) atoms. The Labute approximate surface area is 201 Å². The smallest absolute Gasteiger partial charge is 0.406 e. The molecule has 2 aromatic carbocycles. The zero-order valence-corrected chi connectivity index (χ0v) is 19.7. The Morgan fingerprint density at radius 1 is 1.14 bits per heavy atom. The maximum Gasteiger partial charge on any atom is 0.573 e. The number of halogens is 3. The van der Waals surface area contributed by atoms with Gasteiger partial charge in [-0.3, -0.25) is 9.59 Å². The quantitative estimate of drug-likeness (QED) is 0.349. The summed E-state index contributed by atoms with van der Waals surface area (Å²) in [7, 11) is 1.77. The molecule has 0 saturated carbocycles. The highest BCUT2D eigenvalue weighted by atomic mass is 32.1. The molecule has 0 saturated heterocycles. The molecule has 13 heteroatoms. The summed E-state index contributed by atoms with van der Waals surface area (Å²) in [6, 6.07) is 8.20. The first-order valence-corrected chi connectivity index (χ1v) is 11.3. The van der Waals surface area contributed by atoms with Crippen molar-refractivity contribution in [2.24, 2.45) is 7.05 Å². The van der Waals surface area contributed by atoms with E-state index in [4.69, 9.17) is 0 Å². The van der Waals surface area contributed by atoms with Crippen LogP contribution in [0.3, 0.4) is 0 Å². The number of aromatic nitrogens is 3. The molecule has 9 nitrogen and oxygen atoms in total. The molecule has 0 bridgehead atoms. The third-order valence-electron chi connectivity index (χ3n) is 5.05. The standard InChI is InChI=1S/C22H21F3N6O3S/c1-4-26-18(32)11(2)27-19(33)12-5-8-16-15(9-12)28-20(31(16)3)30-21-29-14-7-6-13(10-17(14)35-21)34-22(23,24)25/h5-11H,4H2,1-3H3,(H,26,32)(H,27,33)(H,28,29,30)/t11-/m0/s1. The molecule has 0 spiro atoms. The number of ether oxygens (including phenoxy) is 1. The summed E-state index contributed by atoms with van der Waals surface area (Å²) in [4.78, 5) is 33.3. The Morgan fingerprint density at radius 2 is 1.91 bits per heavy atom. The van der Waals surface area contributed by atoms with Gasteiger partial charge in [0.05, 0.1) is 21.3 Å². The Bertz CT molecular complexity index is 1410. The van der Waals surface area contributed by atoms with Crippen LogP contribution in [0.2, 0.25) is 0 Å². The minimum atomic E-state index is -4.78. The van der Waals surface area contributed by atoms with Crippen molar-refractivity contribution in [3.05, 3.63) is 42.0 Å². The summed E-state index contributed by atoms with van der Waals surface area (Å²) in [5.41, 5.74) is 2.12. The van der Waals surface area contributed by atoms with Crippen molar-refractivity contribution in [1.82, 2.24) is 25.2 Å². The highest BCUT2D eigenvalue weighted by molar-refractivity contribution is 7.22. The molecular weight excluding hydrogens is 485 g/mol. The zero-order chi connectivity index (χ0) is 25.3. The fraction of sp³-hybridized carbons (Fsp3) is 0.273. The zero-order valence-electron chi connectivity index (χ0n) is 18.9. The first kappa shape index (κ1) is 24.3. The van der Waals surface area contributed by atoms with Crippen LogP contribution < -0.4 is 20.7 Å². The molecule has 3 N–H and O–H groups in total. The minimum Gasteiger partial charge on any atom is -0.406 e. The van der Waals surface area contributed by atoms with Crippen LogP contribution in [0.5, 0.6) is 5.75 Å². The predicted molar refractivity (Wildman–Crippen MR) is 126 cm³/mol. The molecule has 0 radical (unpaired) electrons. The number of benzene rings is 2. The normalized spacial score (nSPS) is 12.5. The maximum atomic E-state index is 12.6. The summed E-state index contributed by atoms with van der Waals surface area (Å²) in [5, 5.41) is 8.80. The Balaban J connectivity index is 1.54. The molecule has 0 aliphatic carbocycles. The van der Waals surface area contributed by atoms with E-state index < -0.39 is 18.3 Å². The Kier molecular flexibility index (Phi) is 6.52. The van der Waals surface area contributed by atoms with Crippen molar-refractivity contribution in [2.75, 3.05) is 11.9 Å². The van der Waals surface area contributed by atoms with E-state index in [1.54, 1.807) is 43.7 Å². The number of carbonyl (C=O) groups is 2. The van der Waals surface area contributed by atoms with Gasteiger partial charge in [0.25, 0.3) is 5.91 Å². The van der Waals surface area contributed by atoms with Crippen LogP contribution in [0.15, 0.2) is 36.4 Å². The SMILES string of the molecule is CCNC(=O)[C@H](C)NC(=O)c1ccc2c(c1)nc(Nc1nc3ccc(OC(F)(F)F)cc3s1)n2C.